The zero-order valence-corrected chi connectivity index (χ0v) is 13.7. The van der Waals surface area contributed by atoms with Crippen LogP contribution >= 0.6 is 23.4 Å². The molecule has 7 heteroatoms. The predicted molar refractivity (Wildman–Crippen MR) is 85.0 cm³/mol. The molecule has 0 bridgehead atoms. The van der Waals surface area contributed by atoms with E-state index in [0.29, 0.717) is 12.6 Å². The third-order valence-corrected chi connectivity index (χ3v) is 5.47. The topological polar surface area (TPSA) is 58.2 Å². The molecule has 1 aromatic rings. The zero-order chi connectivity index (χ0) is 14.6. The van der Waals surface area contributed by atoms with E-state index in [2.05, 4.69) is 16.1 Å². The van der Waals surface area contributed by atoms with Crippen molar-refractivity contribution in [2.75, 3.05) is 25.1 Å². The first-order chi connectivity index (χ1) is 9.47. The minimum atomic E-state index is -3.08. The molecule has 1 aliphatic heterocycles. The molecule has 0 saturated carbocycles. The Labute approximate surface area is 129 Å². The second kappa shape index (κ2) is 7.13. The quantitative estimate of drug-likeness (QED) is 0.784. The highest BCUT2D eigenvalue weighted by atomic mass is 35.5. The average Bonchev–Trinajstić information content (AvgIpc) is 2.38. The van der Waals surface area contributed by atoms with Crippen LogP contribution in [0.15, 0.2) is 23.1 Å². The summed E-state index contributed by atoms with van der Waals surface area (Å²) < 4.78 is 24.4. The Balaban J connectivity index is 1.85. The van der Waals surface area contributed by atoms with Gasteiger partial charge in [-0.2, -0.15) is 0 Å². The summed E-state index contributed by atoms with van der Waals surface area (Å²) in [6, 6.07) is 6.32. The van der Waals surface area contributed by atoms with Gasteiger partial charge in [0.1, 0.15) is 0 Å². The van der Waals surface area contributed by atoms with Crippen molar-refractivity contribution >= 4 is 33.4 Å². The first-order valence-corrected chi connectivity index (χ1v) is 9.82. The summed E-state index contributed by atoms with van der Waals surface area (Å²) in [5.41, 5.74) is 1.25. The Hall–Kier alpha value is -0.270. The maximum Gasteiger partial charge on any atom is 0.208 e. The molecule has 1 aromatic carbocycles. The number of fused-ring (bicyclic) bond motifs is 1. The Morgan fingerprint density at radius 3 is 2.95 bits per heavy atom. The van der Waals surface area contributed by atoms with Gasteiger partial charge in [0.25, 0.3) is 0 Å². The van der Waals surface area contributed by atoms with E-state index in [1.807, 2.05) is 12.1 Å². The molecule has 2 N–H and O–H groups in total. The highest BCUT2D eigenvalue weighted by Gasteiger charge is 2.21. The molecule has 1 heterocycles. The fraction of sp³-hybridized carbons (Fsp3) is 0.538. The van der Waals surface area contributed by atoms with E-state index in [9.17, 15) is 8.42 Å². The lowest BCUT2D eigenvalue weighted by Gasteiger charge is -2.26. The smallest absolute Gasteiger partial charge is 0.208 e. The third-order valence-electron chi connectivity index (χ3n) is 3.13. The molecular formula is C13H19ClN2O2S2. The van der Waals surface area contributed by atoms with Crippen LogP contribution in [0.3, 0.4) is 0 Å². The lowest BCUT2D eigenvalue weighted by atomic mass is 10.0. The van der Waals surface area contributed by atoms with Gasteiger partial charge in [-0.3, -0.25) is 0 Å². The van der Waals surface area contributed by atoms with E-state index >= 15 is 0 Å². The van der Waals surface area contributed by atoms with Crippen molar-refractivity contribution in [1.82, 2.24) is 10.0 Å². The second-order valence-electron chi connectivity index (χ2n) is 4.82. The van der Waals surface area contributed by atoms with Crippen molar-refractivity contribution in [3.05, 3.63) is 28.8 Å². The number of nitrogens with one attached hydrogen (secondary N) is 2. The fourth-order valence-electron chi connectivity index (χ4n) is 2.22. The Morgan fingerprint density at radius 1 is 1.40 bits per heavy atom. The monoisotopic (exact) mass is 334 g/mol. The van der Waals surface area contributed by atoms with Crippen LogP contribution in [0.4, 0.5) is 0 Å². The minimum absolute atomic E-state index is 0.309. The molecule has 112 valence electrons. The van der Waals surface area contributed by atoms with Gasteiger partial charge in [-0.15, -0.1) is 11.8 Å². The molecule has 0 spiro atoms. The van der Waals surface area contributed by atoms with Crippen LogP contribution in [0.25, 0.3) is 0 Å². The van der Waals surface area contributed by atoms with Gasteiger partial charge in [0.2, 0.25) is 10.0 Å². The van der Waals surface area contributed by atoms with E-state index in [-0.39, 0.29) is 0 Å². The summed E-state index contributed by atoms with van der Waals surface area (Å²) in [6.07, 6.45) is 3.02. The molecule has 0 fully saturated rings. The fourth-order valence-corrected chi connectivity index (χ4v) is 4.22. The van der Waals surface area contributed by atoms with Crippen LogP contribution in [0.2, 0.25) is 5.02 Å². The van der Waals surface area contributed by atoms with Gasteiger partial charge < -0.3 is 5.32 Å². The molecular weight excluding hydrogens is 316 g/mol. The molecule has 0 aliphatic carbocycles. The first-order valence-electron chi connectivity index (χ1n) is 6.56. The molecule has 1 aliphatic rings. The van der Waals surface area contributed by atoms with Gasteiger partial charge in [-0.05, 0) is 36.8 Å². The highest BCUT2D eigenvalue weighted by molar-refractivity contribution is 7.99. The number of thioether (sulfide) groups is 1. The Bertz CT molecular complexity index is 563. The van der Waals surface area contributed by atoms with Crippen molar-refractivity contribution in [1.29, 1.82) is 0 Å². The molecule has 0 unspecified atom stereocenters. The normalized spacial score (nSPS) is 18.8. The van der Waals surface area contributed by atoms with Crippen molar-refractivity contribution in [2.24, 2.45) is 0 Å². The predicted octanol–water partition coefficient (Wildman–Crippen LogP) is 2.41. The van der Waals surface area contributed by atoms with Gasteiger partial charge in [0.15, 0.2) is 0 Å². The number of rotatable bonds is 6. The van der Waals surface area contributed by atoms with Crippen LogP contribution in [0.1, 0.15) is 24.4 Å². The van der Waals surface area contributed by atoms with E-state index in [0.717, 1.165) is 30.2 Å². The summed E-state index contributed by atoms with van der Waals surface area (Å²) in [7, 11) is -3.08. The number of benzene rings is 1. The standard InChI is InChI=1S/C13H19ClN2O2S2/c1-20(17,18)16-8-3-7-15-12-6-9-19-13-10(12)4-2-5-11(13)14/h2,4-5,12,15-16H,3,6-9H2,1H3/t12-/m1/s1. The van der Waals surface area contributed by atoms with Crippen molar-refractivity contribution in [3.8, 4) is 0 Å². The average molecular weight is 335 g/mol. The molecule has 0 aromatic heterocycles. The van der Waals surface area contributed by atoms with E-state index in [4.69, 9.17) is 11.6 Å². The Kier molecular flexibility index (Phi) is 5.74. The van der Waals surface area contributed by atoms with Gasteiger partial charge in [0, 0.05) is 17.5 Å². The first kappa shape index (κ1) is 16.1. The number of sulfonamides is 1. The maximum absolute atomic E-state index is 10.9. The zero-order valence-electron chi connectivity index (χ0n) is 11.4. The van der Waals surface area contributed by atoms with Crippen LogP contribution in [-0.2, 0) is 10.0 Å². The lowest BCUT2D eigenvalue weighted by molar-refractivity contribution is 0.500. The highest BCUT2D eigenvalue weighted by Crippen LogP contribution is 2.40. The summed E-state index contributed by atoms with van der Waals surface area (Å²) in [5, 5.41) is 4.30. The SMILES string of the molecule is CS(=O)(=O)NCCCN[C@@H]1CCSc2c(Cl)cccc21. The van der Waals surface area contributed by atoms with Crippen molar-refractivity contribution in [3.63, 3.8) is 0 Å². The van der Waals surface area contributed by atoms with Crippen molar-refractivity contribution in [2.45, 2.75) is 23.8 Å². The molecule has 0 radical (unpaired) electrons. The van der Waals surface area contributed by atoms with Gasteiger partial charge in [0.05, 0.1) is 11.3 Å². The summed E-state index contributed by atoms with van der Waals surface area (Å²) in [6.45, 7) is 1.25. The molecule has 2 rings (SSSR count). The van der Waals surface area contributed by atoms with Crippen LogP contribution in [0.5, 0.6) is 0 Å². The minimum Gasteiger partial charge on any atom is -0.310 e. The van der Waals surface area contributed by atoms with Crippen molar-refractivity contribution < 1.29 is 8.42 Å². The van der Waals surface area contributed by atoms with Crippen LogP contribution < -0.4 is 10.0 Å². The van der Waals surface area contributed by atoms with Crippen LogP contribution in [0, 0.1) is 0 Å². The second-order valence-corrected chi connectivity index (χ2v) is 8.17. The molecule has 4 nitrogen and oxygen atoms in total. The van der Waals surface area contributed by atoms with E-state index < -0.39 is 10.0 Å². The third kappa shape index (κ3) is 4.63. The number of halogens is 1. The molecule has 0 amide bonds. The van der Waals surface area contributed by atoms with Gasteiger partial charge >= 0.3 is 0 Å². The molecule has 20 heavy (non-hydrogen) atoms. The molecule has 1 atom stereocenters. The summed E-state index contributed by atoms with van der Waals surface area (Å²) in [4.78, 5) is 1.17. The van der Waals surface area contributed by atoms with E-state index in [1.54, 1.807) is 11.8 Å². The largest absolute Gasteiger partial charge is 0.310 e. The number of hydrogen-bond acceptors (Lipinski definition) is 4. The van der Waals surface area contributed by atoms with Gasteiger partial charge in [-0.25, -0.2) is 13.1 Å². The maximum atomic E-state index is 10.9. The van der Waals surface area contributed by atoms with Gasteiger partial charge in [-0.1, -0.05) is 23.7 Å². The lowest BCUT2D eigenvalue weighted by Crippen LogP contribution is -2.29. The molecule has 0 saturated heterocycles. The number of hydrogen-bond donors (Lipinski definition) is 2. The summed E-state index contributed by atoms with van der Waals surface area (Å²) >= 11 is 8.02. The van der Waals surface area contributed by atoms with Crippen LogP contribution in [-0.4, -0.2) is 33.5 Å². The Morgan fingerprint density at radius 2 is 2.20 bits per heavy atom. The summed E-state index contributed by atoms with van der Waals surface area (Å²) in [5.74, 6) is 1.05. The van der Waals surface area contributed by atoms with E-state index in [1.165, 1.54) is 16.7 Å².